The first kappa shape index (κ1) is 17.7. The number of aromatic nitrogens is 1. The Kier molecular flexibility index (Phi) is 5.53. The molecule has 0 saturated carbocycles. The third kappa shape index (κ3) is 4.69. The molecule has 3 rings (SSSR count). The lowest BCUT2D eigenvalue weighted by Crippen LogP contribution is -2.13. The van der Waals surface area contributed by atoms with E-state index in [4.69, 9.17) is 4.42 Å². The lowest BCUT2D eigenvalue weighted by atomic mass is 10.1. The van der Waals surface area contributed by atoms with Crippen LogP contribution in [0.5, 0.6) is 0 Å². The molecule has 1 heterocycles. The quantitative estimate of drug-likeness (QED) is 0.553. The molecule has 3 aromatic rings. The van der Waals surface area contributed by atoms with Gasteiger partial charge in [-0.3, -0.25) is 4.79 Å². The summed E-state index contributed by atoms with van der Waals surface area (Å²) in [7, 11) is 0. The van der Waals surface area contributed by atoms with E-state index in [0.717, 1.165) is 26.1 Å². The number of rotatable bonds is 5. The average Bonchev–Trinajstić information content (AvgIpc) is 3.05. The van der Waals surface area contributed by atoms with E-state index >= 15 is 0 Å². The van der Waals surface area contributed by atoms with Crippen molar-refractivity contribution in [3.63, 3.8) is 0 Å². The lowest BCUT2D eigenvalue weighted by molar-refractivity contribution is -0.116. The van der Waals surface area contributed by atoms with Crippen molar-refractivity contribution < 1.29 is 9.21 Å². The fourth-order valence-electron chi connectivity index (χ4n) is 2.48. The van der Waals surface area contributed by atoms with Crippen molar-refractivity contribution in [2.45, 2.75) is 26.7 Å². The Bertz CT molecular complexity index is 885. The van der Waals surface area contributed by atoms with Crippen LogP contribution in [0.25, 0.3) is 11.3 Å². The van der Waals surface area contributed by atoms with Crippen LogP contribution in [0.15, 0.2) is 53.1 Å². The van der Waals surface area contributed by atoms with Crippen LogP contribution >= 0.6 is 22.6 Å². The standard InChI is InChI=1S/C20H19IN2O2/c1-13-3-5-15(6-4-13)18-12-22-20(25-18)10-9-19(24)23-17-8-7-16(21)11-14(17)2/h3-8,11-12H,9-10H2,1-2H3,(H,23,24). The summed E-state index contributed by atoms with van der Waals surface area (Å²) in [5.41, 5.74) is 4.09. The molecule has 2 aromatic carbocycles. The monoisotopic (exact) mass is 446 g/mol. The van der Waals surface area contributed by atoms with E-state index in [-0.39, 0.29) is 5.91 Å². The summed E-state index contributed by atoms with van der Waals surface area (Å²) >= 11 is 2.26. The predicted molar refractivity (Wildman–Crippen MR) is 108 cm³/mol. The summed E-state index contributed by atoms with van der Waals surface area (Å²) in [5.74, 6) is 1.26. The summed E-state index contributed by atoms with van der Waals surface area (Å²) in [4.78, 5) is 16.4. The van der Waals surface area contributed by atoms with Gasteiger partial charge >= 0.3 is 0 Å². The molecular weight excluding hydrogens is 427 g/mol. The molecule has 25 heavy (non-hydrogen) atoms. The molecule has 0 radical (unpaired) electrons. The van der Waals surface area contributed by atoms with Crippen molar-refractivity contribution in [1.82, 2.24) is 4.98 Å². The van der Waals surface area contributed by atoms with Crippen LogP contribution in [0.3, 0.4) is 0 Å². The first-order chi connectivity index (χ1) is 12.0. The van der Waals surface area contributed by atoms with Crippen LogP contribution in [0.2, 0.25) is 0 Å². The van der Waals surface area contributed by atoms with Crippen LogP contribution in [0.1, 0.15) is 23.4 Å². The van der Waals surface area contributed by atoms with Gasteiger partial charge in [0.25, 0.3) is 0 Å². The molecule has 0 aliphatic carbocycles. The van der Waals surface area contributed by atoms with Gasteiger partial charge in [-0.15, -0.1) is 0 Å². The number of amides is 1. The predicted octanol–water partition coefficient (Wildman–Crippen LogP) is 5.13. The van der Waals surface area contributed by atoms with Gasteiger partial charge in [-0.1, -0.05) is 29.8 Å². The first-order valence-electron chi connectivity index (χ1n) is 8.09. The summed E-state index contributed by atoms with van der Waals surface area (Å²) in [6.45, 7) is 4.03. The molecule has 0 aliphatic rings. The zero-order chi connectivity index (χ0) is 17.8. The highest BCUT2D eigenvalue weighted by Crippen LogP contribution is 2.22. The number of aryl methyl sites for hydroxylation is 3. The van der Waals surface area contributed by atoms with Gasteiger partial charge in [-0.05, 0) is 60.2 Å². The highest BCUT2D eigenvalue weighted by atomic mass is 127. The number of nitrogens with zero attached hydrogens (tertiary/aromatic N) is 1. The molecule has 1 N–H and O–H groups in total. The van der Waals surface area contributed by atoms with Crippen molar-refractivity contribution in [3.8, 4) is 11.3 Å². The normalized spacial score (nSPS) is 10.7. The fourth-order valence-corrected chi connectivity index (χ4v) is 3.12. The summed E-state index contributed by atoms with van der Waals surface area (Å²) in [6.07, 6.45) is 2.52. The Morgan fingerprint density at radius 2 is 1.92 bits per heavy atom. The van der Waals surface area contributed by atoms with Gasteiger partial charge in [0.2, 0.25) is 5.91 Å². The Balaban J connectivity index is 1.58. The number of oxazole rings is 1. The van der Waals surface area contributed by atoms with Gasteiger partial charge in [-0.25, -0.2) is 4.98 Å². The number of hydrogen-bond donors (Lipinski definition) is 1. The van der Waals surface area contributed by atoms with Crippen molar-refractivity contribution in [1.29, 1.82) is 0 Å². The van der Waals surface area contributed by atoms with Crippen molar-refractivity contribution in [2.75, 3.05) is 5.32 Å². The minimum atomic E-state index is -0.0422. The molecule has 0 saturated heterocycles. The van der Waals surface area contributed by atoms with E-state index in [1.54, 1.807) is 6.20 Å². The van der Waals surface area contributed by atoms with E-state index in [2.05, 4.69) is 32.9 Å². The Hall–Kier alpha value is -2.15. The molecule has 5 heteroatoms. The molecule has 1 amide bonds. The molecule has 4 nitrogen and oxygen atoms in total. The van der Waals surface area contributed by atoms with Crippen LogP contribution < -0.4 is 5.32 Å². The molecule has 0 aliphatic heterocycles. The number of halogens is 1. The molecule has 1 aromatic heterocycles. The van der Waals surface area contributed by atoms with Gasteiger partial charge in [0.15, 0.2) is 11.7 Å². The van der Waals surface area contributed by atoms with E-state index < -0.39 is 0 Å². The number of carbonyl (C=O) groups is 1. The zero-order valence-corrected chi connectivity index (χ0v) is 16.3. The number of anilines is 1. The molecule has 128 valence electrons. The van der Waals surface area contributed by atoms with Gasteiger partial charge in [0.05, 0.1) is 6.20 Å². The van der Waals surface area contributed by atoms with Crippen molar-refractivity contribution in [2.24, 2.45) is 0 Å². The van der Waals surface area contributed by atoms with E-state index in [1.807, 2.05) is 56.3 Å². The van der Waals surface area contributed by atoms with Gasteiger partial charge in [-0.2, -0.15) is 0 Å². The maximum absolute atomic E-state index is 12.2. The van der Waals surface area contributed by atoms with Crippen LogP contribution in [0, 0.1) is 17.4 Å². The largest absolute Gasteiger partial charge is 0.441 e. The Morgan fingerprint density at radius 3 is 2.64 bits per heavy atom. The topological polar surface area (TPSA) is 55.1 Å². The second-order valence-electron chi connectivity index (χ2n) is 5.99. The second kappa shape index (κ2) is 7.82. The van der Waals surface area contributed by atoms with Crippen LogP contribution in [-0.2, 0) is 11.2 Å². The highest BCUT2D eigenvalue weighted by molar-refractivity contribution is 14.1. The van der Waals surface area contributed by atoms with Crippen LogP contribution in [-0.4, -0.2) is 10.9 Å². The third-order valence-electron chi connectivity index (χ3n) is 3.92. The Morgan fingerprint density at radius 1 is 1.16 bits per heavy atom. The van der Waals surface area contributed by atoms with E-state index in [9.17, 15) is 4.79 Å². The van der Waals surface area contributed by atoms with Crippen LogP contribution in [0.4, 0.5) is 5.69 Å². The third-order valence-corrected chi connectivity index (χ3v) is 4.59. The van der Waals surface area contributed by atoms with Crippen molar-refractivity contribution in [3.05, 3.63) is 69.2 Å². The molecule has 0 spiro atoms. The zero-order valence-electron chi connectivity index (χ0n) is 14.2. The second-order valence-corrected chi connectivity index (χ2v) is 7.24. The summed E-state index contributed by atoms with van der Waals surface area (Å²) in [6, 6.07) is 14.0. The summed E-state index contributed by atoms with van der Waals surface area (Å²) < 4.78 is 6.91. The minimum Gasteiger partial charge on any atom is -0.441 e. The Labute approximate surface area is 160 Å². The average molecular weight is 446 g/mol. The van der Waals surface area contributed by atoms with E-state index in [1.165, 1.54) is 5.56 Å². The lowest BCUT2D eigenvalue weighted by Gasteiger charge is -2.08. The smallest absolute Gasteiger partial charge is 0.224 e. The molecule has 0 unspecified atom stereocenters. The number of hydrogen-bond acceptors (Lipinski definition) is 3. The number of benzene rings is 2. The summed E-state index contributed by atoms with van der Waals surface area (Å²) in [5, 5.41) is 2.94. The highest BCUT2D eigenvalue weighted by Gasteiger charge is 2.10. The SMILES string of the molecule is Cc1ccc(-c2cnc(CCC(=O)Nc3ccc(I)cc3C)o2)cc1. The molecule has 0 bridgehead atoms. The minimum absolute atomic E-state index is 0.0422. The maximum atomic E-state index is 12.2. The first-order valence-corrected chi connectivity index (χ1v) is 9.17. The molecular formula is C20H19IN2O2. The van der Waals surface area contributed by atoms with Crippen molar-refractivity contribution >= 4 is 34.2 Å². The maximum Gasteiger partial charge on any atom is 0.224 e. The van der Waals surface area contributed by atoms with E-state index in [0.29, 0.717) is 18.7 Å². The molecule has 0 atom stereocenters. The van der Waals surface area contributed by atoms with Gasteiger partial charge in [0, 0.05) is 27.7 Å². The fraction of sp³-hybridized carbons (Fsp3) is 0.200. The number of carbonyl (C=O) groups excluding carboxylic acids is 1. The van der Waals surface area contributed by atoms with Gasteiger partial charge < -0.3 is 9.73 Å². The molecule has 0 fully saturated rings. The number of nitrogens with one attached hydrogen (secondary N) is 1. The van der Waals surface area contributed by atoms with Gasteiger partial charge in [0.1, 0.15) is 0 Å².